The molecule has 41 heavy (non-hydrogen) atoms. The van der Waals surface area contributed by atoms with Crippen LogP contribution < -0.4 is 15.5 Å². The summed E-state index contributed by atoms with van der Waals surface area (Å²) in [6, 6.07) is 13.2. The van der Waals surface area contributed by atoms with Crippen LogP contribution in [-0.4, -0.2) is 39.3 Å². The molecule has 2 heterocycles. The van der Waals surface area contributed by atoms with Gasteiger partial charge in [-0.05, 0) is 77.7 Å². The molecule has 0 saturated heterocycles. The van der Waals surface area contributed by atoms with Crippen LogP contribution in [0.5, 0.6) is 0 Å². The molecule has 2 aliphatic rings. The Morgan fingerprint density at radius 3 is 2.44 bits per heavy atom. The van der Waals surface area contributed by atoms with Crippen LogP contribution in [0.1, 0.15) is 64.1 Å². The molecule has 0 radical (unpaired) electrons. The zero-order valence-electron chi connectivity index (χ0n) is 22.1. The summed E-state index contributed by atoms with van der Waals surface area (Å²) in [5.41, 5.74) is 9.11. The van der Waals surface area contributed by atoms with Gasteiger partial charge in [-0.3, -0.25) is 9.10 Å². The molecule has 1 amide bonds. The minimum Gasteiger partial charge on any atom is -0.460 e. The standard InChI is InChI=1S/C29H27BF2N2O6S/c1-41(37,38)34(11-10-25-20-9-8-19(32)13-23(20)30(36)40-25)24-15-26-22(14-21(24)17-4-5-17)28(29(33)35)27(39-26)12-16-2-6-18(31)7-3-16/h2-3,6-9,13-15,17,25,36H,4-5,10-12H2,1H3,(H2,33,35). The Balaban J connectivity index is 1.39. The van der Waals surface area contributed by atoms with Crippen LogP contribution in [0.25, 0.3) is 11.0 Å². The van der Waals surface area contributed by atoms with Crippen molar-refractivity contribution in [3.63, 3.8) is 0 Å². The number of primary amides is 1. The van der Waals surface area contributed by atoms with Gasteiger partial charge in [0.05, 0.1) is 23.6 Å². The van der Waals surface area contributed by atoms with Crippen molar-refractivity contribution in [1.82, 2.24) is 0 Å². The second-order valence-electron chi connectivity index (χ2n) is 10.6. The maximum atomic E-state index is 13.7. The number of nitrogens with zero attached hydrogens (tertiary/aromatic N) is 1. The number of carbonyl (C=O) groups is 1. The molecule has 1 saturated carbocycles. The van der Waals surface area contributed by atoms with Crippen LogP contribution in [0.4, 0.5) is 14.5 Å². The summed E-state index contributed by atoms with van der Waals surface area (Å²) >= 11 is 0. The van der Waals surface area contributed by atoms with Gasteiger partial charge in [0.25, 0.3) is 5.91 Å². The fourth-order valence-electron chi connectivity index (χ4n) is 5.60. The molecule has 6 rings (SSSR count). The lowest BCUT2D eigenvalue weighted by Crippen LogP contribution is -2.32. The lowest BCUT2D eigenvalue weighted by atomic mass is 9.79. The van der Waals surface area contributed by atoms with Gasteiger partial charge < -0.3 is 19.8 Å². The van der Waals surface area contributed by atoms with Crippen molar-refractivity contribution in [2.45, 2.75) is 37.7 Å². The van der Waals surface area contributed by atoms with Crippen molar-refractivity contribution >= 4 is 45.2 Å². The highest BCUT2D eigenvalue weighted by Gasteiger charge is 2.37. The lowest BCUT2D eigenvalue weighted by molar-refractivity contribution is 0.1000. The van der Waals surface area contributed by atoms with E-state index in [1.165, 1.54) is 34.6 Å². The van der Waals surface area contributed by atoms with E-state index in [9.17, 15) is 27.0 Å². The number of rotatable bonds is 9. The predicted octanol–water partition coefficient (Wildman–Crippen LogP) is 3.89. The van der Waals surface area contributed by atoms with Crippen LogP contribution in [0.3, 0.4) is 0 Å². The largest absolute Gasteiger partial charge is 0.492 e. The van der Waals surface area contributed by atoms with E-state index in [-0.39, 0.29) is 36.7 Å². The van der Waals surface area contributed by atoms with Gasteiger partial charge in [-0.1, -0.05) is 18.2 Å². The van der Waals surface area contributed by atoms with Gasteiger partial charge in [-0.25, -0.2) is 17.2 Å². The molecule has 1 fully saturated rings. The molecule has 3 aromatic carbocycles. The van der Waals surface area contributed by atoms with E-state index in [1.807, 2.05) is 0 Å². The average molecular weight is 580 g/mol. The van der Waals surface area contributed by atoms with Crippen molar-refractivity contribution in [3.8, 4) is 0 Å². The molecule has 1 aliphatic heterocycles. The number of anilines is 1. The Morgan fingerprint density at radius 2 is 1.78 bits per heavy atom. The second-order valence-corrected chi connectivity index (χ2v) is 12.5. The highest BCUT2D eigenvalue weighted by Crippen LogP contribution is 2.47. The Kier molecular flexibility index (Phi) is 6.87. The van der Waals surface area contributed by atoms with Crippen LogP contribution in [0.15, 0.2) is 59.0 Å². The predicted molar refractivity (Wildman–Crippen MR) is 151 cm³/mol. The number of carbonyl (C=O) groups excluding carboxylic acids is 1. The van der Waals surface area contributed by atoms with Crippen LogP contribution in [-0.2, 0) is 21.1 Å². The van der Waals surface area contributed by atoms with Crippen molar-refractivity contribution < 1.29 is 36.1 Å². The quantitative estimate of drug-likeness (QED) is 0.290. The molecule has 1 aliphatic carbocycles. The molecule has 1 unspecified atom stereocenters. The molecule has 3 N–H and O–H groups in total. The van der Waals surface area contributed by atoms with Gasteiger partial charge in [-0.15, -0.1) is 0 Å². The molecular weight excluding hydrogens is 553 g/mol. The maximum Gasteiger partial charge on any atom is 0.492 e. The molecule has 12 heteroatoms. The summed E-state index contributed by atoms with van der Waals surface area (Å²) in [6.07, 6.45) is 2.59. The third-order valence-electron chi connectivity index (χ3n) is 7.67. The summed E-state index contributed by atoms with van der Waals surface area (Å²) in [6.45, 7) is 0.0179. The number of sulfonamides is 1. The molecule has 1 atom stereocenters. The first-order valence-electron chi connectivity index (χ1n) is 13.2. The van der Waals surface area contributed by atoms with Crippen molar-refractivity contribution in [2.75, 3.05) is 17.1 Å². The Morgan fingerprint density at radius 1 is 1.07 bits per heavy atom. The first-order valence-corrected chi connectivity index (χ1v) is 15.1. The van der Waals surface area contributed by atoms with Crippen LogP contribution in [0.2, 0.25) is 0 Å². The number of hydrogen-bond donors (Lipinski definition) is 2. The smallest absolute Gasteiger partial charge is 0.460 e. The van der Waals surface area contributed by atoms with Gasteiger partial charge >= 0.3 is 7.12 Å². The minimum absolute atomic E-state index is 0.0179. The molecule has 8 nitrogen and oxygen atoms in total. The van der Waals surface area contributed by atoms with Gasteiger partial charge in [0.15, 0.2) is 0 Å². The van der Waals surface area contributed by atoms with E-state index in [0.29, 0.717) is 39.0 Å². The Bertz CT molecular complexity index is 1770. The monoisotopic (exact) mass is 580 g/mol. The SMILES string of the molecule is CS(=O)(=O)N(CCC1OB(O)c2cc(F)ccc21)c1cc2oc(Cc3ccc(F)cc3)c(C(N)=O)c2cc1C1CC1. The van der Waals surface area contributed by atoms with E-state index in [1.54, 1.807) is 24.3 Å². The average Bonchev–Trinajstić information content (AvgIpc) is 3.62. The zero-order chi connectivity index (χ0) is 29.1. The van der Waals surface area contributed by atoms with Crippen molar-refractivity contribution in [3.05, 3.63) is 94.2 Å². The normalized spacial score (nSPS) is 16.8. The first-order chi connectivity index (χ1) is 19.5. The highest BCUT2D eigenvalue weighted by atomic mass is 32.2. The van der Waals surface area contributed by atoms with Gasteiger partial charge in [-0.2, -0.15) is 0 Å². The minimum atomic E-state index is -3.79. The summed E-state index contributed by atoms with van der Waals surface area (Å²) < 4.78 is 66.4. The number of amides is 1. The summed E-state index contributed by atoms with van der Waals surface area (Å²) in [7, 11) is -5.09. The summed E-state index contributed by atoms with van der Waals surface area (Å²) in [5.74, 6) is -1.16. The molecular formula is C29H27BF2N2O6S. The van der Waals surface area contributed by atoms with E-state index >= 15 is 0 Å². The zero-order valence-corrected chi connectivity index (χ0v) is 23.0. The van der Waals surface area contributed by atoms with Gasteiger partial charge in [0.2, 0.25) is 10.0 Å². The fourth-order valence-corrected chi connectivity index (χ4v) is 6.55. The number of fused-ring (bicyclic) bond motifs is 2. The molecule has 0 bridgehead atoms. The van der Waals surface area contributed by atoms with E-state index in [2.05, 4.69) is 0 Å². The summed E-state index contributed by atoms with van der Waals surface area (Å²) in [5, 5.41) is 10.8. The Labute approximate surface area is 235 Å². The lowest BCUT2D eigenvalue weighted by Gasteiger charge is -2.26. The molecule has 0 spiro atoms. The second kappa shape index (κ2) is 10.3. The third-order valence-corrected chi connectivity index (χ3v) is 8.85. The fraction of sp³-hybridized carbons (Fsp3) is 0.276. The highest BCUT2D eigenvalue weighted by molar-refractivity contribution is 7.92. The van der Waals surface area contributed by atoms with Crippen LogP contribution >= 0.6 is 0 Å². The molecule has 1 aromatic heterocycles. The van der Waals surface area contributed by atoms with E-state index in [4.69, 9.17) is 14.8 Å². The summed E-state index contributed by atoms with van der Waals surface area (Å²) in [4.78, 5) is 12.6. The van der Waals surface area contributed by atoms with Crippen LogP contribution in [0, 0.1) is 11.6 Å². The maximum absolute atomic E-state index is 13.7. The van der Waals surface area contributed by atoms with E-state index < -0.39 is 35.0 Å². The molecule has 4 aromatic rings. The number of hydrogen-bond acceptors (Lipinski definition) is 6. The topological polar surface area (TPSA) is 123 Å². The van der Waals surface area contributed by atoms with Gasteiger partial charge in [0, 0.05) is 24.4 Å². The number of nitrogens with two attached hydrogens (primary N) is 1. The van der Waals surface area contributed by atoms with E-state index in [0.717, 1.165) is 24.7 Å². The Hall–Kier alpha value is -3.74. The number of furan rings is 1. The van der Waals surface area contributed by atoms with Crippen molar-refractivity contribution in [1.29, 1.82) is 0 Å². The van der Waals surface area contributed by atoms with Crippen molar-refractivity contribution in [2.24, 2.45) is 5.73 Å². The third kappa shape index (κ3) is 5.34. The first kappa shape index (κ1) is 27.4. The number of benzene rings is 3. The number of halogens is 2. The van der Waals surface area contributed by atoms with Gasteiger partial charge in [0.1, 0.15) is 23.0 Å². The molecule has 212 valence electrons.